The fourth-order valence-electron chi connectivity index (χ4n) is 1.61. The molecule has 0 aromatic carbocycles. The molecule has 0 aliphatic carbocycles. The first-order valence-corrected chi connectivity index (χ1v) is 5.61. The summed E-state index contributed by atoms with van der Waals surface area (Å²) in [6, 6.07) is 0. The van der Waals surface area contributed by atoms with Gasteiger partial charge < -0.3 is 24.9 Å². The van der Waals surface area contributed by atoms with Crippen LogP contribution < -0.4 is 11.3 Å². The predicted molar refractivity (Wildman–Crippen MR) is 66.4 cm³/mol. The number of ether oxygens (including phenoxy) is 2. The molecule has 0 spiro atoms. The summed E-state index contributed by atoms with van der Waals surface area (Å²) in [4.78, 5) is 21.9. The van der Waals surface area contributed by atoms with Crippen molar-refractivity contribution in [2.75, 3.05) is 26.1 Å². The van der Waals surface area contributed by atoms with Crippen molar-refractivity contribution in [3.05, 3.63) is 16.7 Å². The molecule has 4 N–H and O–H groups in total. The highest BCUT2D eigenvalue weighted by Crippen LogP contribution is 2.06. The van der Waals surface area contributed by atoms with E-state index < -0.39 is 6.29 Å². The van der Waals surface area contributed by atoms with E-state index in [2.05, 4.69) is 15.0 Å². The summed E-state index contributed by atoms with van der Waals surface area (Å²) in [5.41, 5.74) is 5.71. The molecule has 2 heterocycles. The molecule has 104 valence electrons. The summed E-state index contributed by atoms with van der Waals surface area (Å²) >= 11 is 0. The highest BCUT2D eigenvalue weighted by molar-refractivity contribution is 5.70. The minimum atomic E-state index is -0.670. The lowest BCUT2D eigenvalue weighted by molar-refractivity contribution is -0.147. The van der Waals surface area contributed by atoms with E-state index in [4.69, 9.17) is 20.3 Å². The number of nitrogens with one attached hydrogen (secondary N) is 1. The van der Waals surface area contributed by atoms with Gasteiger partial charge in [0.2, 0.25) is 5.95 Å². The Balaban J connectivity index is 2.11. The van der Waals surface area contributed by atoms with Crippen LogP contribution in [0.5, 0.6) is 0 Å². The third-order valence-corrected chi connectivity index (χ3v) is 2.54. The number of hydrogen-bond acceptors (Lipinski definition) is 7. The standard InChI is InChI=1S/C10H15N5O4/c1-18-6(4-16)19-3-2-15-5-12-7-8(15)13-10(11)14-9(7)17/h5-6,16H,2-4H2,1H3,(H3,11,13,14,17). The van der Waals surface area contributed by atoms with Crippen LogP contribution in [-0.2, 0) is 16.0 Å². The van der Waals surface area contributed by atoms with E-state index in [1.54, 1.807) is 4.57 Å². The normalized spacial score (nSPS) is 12.9. The molecule has 0 aliphatic heterocycles. The summed E-state index contributed by atoms with van der Waals surface area (Å²) in [5.74, 6) is 0.0327. The van der Waals surface area contributed by atoms with E-state index in [0.717, 1.165) is 0 Å². The van der Waals surface area contributed by atoms with Gasteiger partial charge >= 0.3 is 0 Å². The van der Waals surface area contributed by atoms with Gasteiger partial charge in [0.25, 0.3) is 5.56 Å². The van der Waals surface area contributed by atoms with Crippen molar-refractivity contribution in [2.24, 2.45) is 0 Å². The molecule has 9 nitrogen and oxygen atoms in total. The number of hydrogen-bond donors (Lipinski definition) is 3. The Labute approximate surface area is 108 Å². The van der Waals surface area contributed by atoms with Gasteiger partial charge in [-0.25, -0.2) is 4.98 Å². The first-order chi connectivity index (χ1) is 9.15. The number of imidazole rings is 1. The second-order valence-corrected chi connectivity index (χ2v) is 3.78. The topological polar surface area (TPSA) is 128 Å². The highest BCUT2D eigenvalue weighted by atomic mass is 16.7. The summed E-state index contributed by atoms with van der Waals surface area (Å²) < 4.78 is 11.8. The van der Waals surface area contributed by atoms with Crippen LogP contribution in [-0.4, -0.2) is 51.2 Å². The van der Waals surface area contributed by atoms with Gasteiger partial charge in [-0.2, -0.15) is 4.98 Å². The van der Waals surface area contributed by atoms with E-state index in [0.29, 0.717) is 12.2 Å². The van der Waals surface area contributed by atoms with E-state index in [1.807, 2.05) is 0 Å². The largest absolute Gasteiger partial charge is 0.391 e. The average molecular weight is 269 g/mol. The Bertz CT molecular complexity index is 603. The Morgan fingerprint density at radius 3 is 3.11 bits per heavy atom. The minimum absolute atomic E-state index is 0.0327. The van der Waals surface area contributed by atoms with Crippen LogP contribution in [0.1, 0.15) is 0 Å². The number of aromatic amines is 1. The molecule has 2 aromatic heterocycles. The summed E-state index contributed by atoms with van der Waals surface area (Å²) in [7, 11) is 1.44. The number of nitrogens with zero attached hydrogens (tertiary/aromatic N) is 3. The number of aliphatic hydroxyl groups is 1. The van der Waals surface area contributed by atoms with Crippen LogP contribution >= 0.6 is 0 Å². The lowest BCUT2D eigenvalue weighted by Crippen LogP contribution is -2.22. The third-order valence-electron chi connectivity index (χ3n) is 2.54. The van der Waals surface area contributed by atoms with Crippen molar-refractivity contribution in [2.45, 2.75) is 12.8 Å². The summed E-state index contributed by atoms with van der Waals surface area (Å²) in [5, 5.41) is 8.88. The first-order valence-electron chi connectivity index (χ1n) is 5.61. The lowest BCUT2D eigenvalue weighted by atomic mass is 10.5. The molecule has 0 aliphatic rings. The number of methoxy groups -OCH3 is 1. The van der Waals surface area contributed by atoms with E-state index in [9.17, 15) is 4.79 Å². The smallest absolute Gasteiger partial charge is 0.280 e. The zero-order chi connectivity index (χ0) is 13.8. The number of aromatic nitrogens is 4. The zero-order valence-corrected chi connectivity index (χ0v) is 10.4. The fraction of sp³-hybridized carbons (Fsp3) is 0.500. The van der Waals surface area contributed by atoms with Gasteiger partial charge in [-0.3, -0.25) is 9.78 Å². The molecule has 1 atom stereocenters. The first kappa shape index (κ1) is 13.5. The Morgan fingerprint density at radius 2 is 2.42 bits per heavy atom. The van der Waals surface area contributed by atoms with Gasteiger partial charge in [-0.1, -0.05) is 0 Å². The number of nitrogens with two attached hydrogens (primary N) is 1. The van der Waals surface area contributed by atoms with Gasteiger partial charge in [-0.15, -0.1) is 0 Å². The van der Waals surface area contributed by atoms with E-state index in [1.165, 1.54) is 13.4 Å². The zero-order valence-electron chi connectivity index (χ0n) is 10.4. The van der Waals surface area contributed by atoms with Gasteiger partial charge in [0.05, 0.1) is 19.5 Å². The number of rotatable bonds is 6. The van der Waals surface area contributed by atoms with Crippen molar-refractivity contribution >= 4 is 17.1 Å². The molecule has 0 saturated carbocycles. The maximum absolute atomic E-state index is 11.6. The number of aliphatic hydroxyl groups excluding tert-OH is 1. The van der Waals surface area contributed by atoms with Crippen LogP contribution in [0.3, 0.4) is 0 Å². The van der Waals surface area contributed by atoms with Crippen LogP contribution in [0, 0.1) is 0 Å². The molecule has 9 heteroatoms. The number of H-pyrrole nitrogens is 1. The second-order valence-electron chi connectivity index (χ2n) is 3.78. The minimum Gasteiger partial charge on any atom is -0.391 e. The van der Waals surface area contributed by atoms with Crippen LogP contribution in [0.4, 0.5) is 5.95 Å². The van der Waals surface area contributed by atoms with Crippen molar-refractivity contribution in [3.63, 3.8) is 0 Å². The lowest BCUT2D eigenvalue weighted by Gasteiger charge is -2.13. The summed E-state index contributed by atoms with van der Waals surface area (Å²) in [6.07, 6.45) is 0.812. The molecule has 0 bridgehead atoms. The summed E-state index contributed by atoms with van der Waals surface area (Å²) in [6.45, 7) is 0.456. The molecular weight excluding hydrogens is 254 g/mol. The van der Waals surface area contributed by atoms with Gasteiger partial charge in [0, 0.05) is 13.7 Å². The highest BCUT2D eigenvalue weighted by Gasteiger charge is 2.10. The van der Waals surface area contributed by atoms with E-state index >= 15 is 0 Å². The molecule has 1 unspecified atom stereocenters. The Hall–Kier alpha value is -1.97. The number of anilines is 1. The Morgan fingerprint density at radius 1 is 1.63 bits per heavy atom. The molecule has 2 aromatic rings. The number of fused-ring (bicyclic) bond motifs is 1. The van der Waals surface area contributed by atoms with Crippen LogP contribution in [0.15, 0.2) is 11.1 Å². The molecule has 0 amide bonds. The van der Waals surface area contributed by atoms with Gasteiger partial charge in [0.15, 0.2) is 17.5 Å². The molecule has 19 heavy (non-hydrogen) atoms. The van der Waals surface area contributed by atoms with Gasteiger partial charge in [0.1, 0.15) is 0 Å². The Kier molecular flexibility index (Phi) is 4.10. The second kappa shape index (κ2) is 5.78. The van der Waals surface area contributed by atoms with Crippen molar-refractivity contribution in [1.82, 2.24) is 19.5 Å². The average Bonchev–Trinajstić information content (AvgIpc) is 2.78. The molecule has 0 saturated heterocycles. The van der Waals surface area contributed by atoms with Crippen molar-refractivity contribution in [3.8, 4) is 0 Å². The maximum Gasteiger partial charge on any atom is 0.280 e. The molecular formula is C10H15N5O4. The third kappa shape index (κ3) is 2.89. The molecule has 0 radical (unpaired) electrons. The monoisotopic (exact) mass is 269 g/mol. The van der Waals surface area contributed by atoms with Crippen LogP contribution in [0.2, 0.25) is 0 Å². The molecule has 2 rings (SSSR count). The SMILES string of the molecule is COC(CO)OCCn1cnc2c(=O)[nH]c(N)nc21. The quantitative estimate of drug-likeness (QED) is 0.555. The van der Waals surface area contributed by atoms with Gasteiger partial charge in [-0.05, 0) is 0 Å². The predicted octanol–water partition coefficient (Wildman–Crippen LogP) is -1.32. The van der Waals surface area contributed by atoms with Crippen molar-refractivity contribution in [1.29, 1.82) is 0 Å². The van der Waals surface area contributed by atoms with Crippen LogP contribution in [0.25, 0.3) is 11.2 Å². The number of nitrogen functional groups attached to an aromatic ring is 1. The van der Waals surface area contributed by atoms with E-state index in [-0.39, 0.29) is 30.2 Å². The van der Waals surface area contributed by atoms with Crippen molar-refractivity contribution < 1.29 is 14.6 Å². The molecule has 0 fully saturated rings. The maximum atomic E-state index is 11.6. The fourth-order valence-corrected chi connectivity index (χ4v) is 1.61.